The molecular formula is C36H29NO10. The maximum absolute atomic E-state index is 13.4. The van der Waals surface area contributed by atoms with Gasteiger partial charge in [-0.15, -0.1) is 0 Å². The molecule has 0 unspecified atom stereocenters. The average Bonchev–Trinajstić information content (AvgIpc) is 3.08. The minimum atomic E-state index is -1.17. The quantitative estimate of drug-likeness (QED) is 0.169. The molecule has 1 heterocycles. The number of hydrogen-bond donors (Lipinski definition) is 2. The van der Waals surface area contributed by atoms with Gasteiger partial charge in [-0.3, -0.25) is 14.5 Å². The van der Waals surface area contributed by atoms with Crippen molar-refractivity contribution in [2.75, 3.05) is 0 Å². The predicted octanol–water partition coefficient (Wildman–Crippen LogP) is 4.32. The largest absolute Gasteiger partial charge is 0.478 e. The maximum Gasteiger partial charge on any atom is 0.338 e. The first-order valence-electron chi connectivity index (χ1n) is 14.6. The highest BCUT2D eigenvalue weighted by Gasteiger charge is 2.54. The molecule has 0 aliphatic carbocycles. The second kappa shape index (κ2) is 14.3. The Bertz CT molecular complexity index is 1820. The first-order valence-corrected chi connectivity index (χ1v) is 14.6. The molecule has 11 nitrogen and oxygen atoms in total. The molecule has 2 amide bonds. The molecule has 5 rings (SSSR count). The Hall–Kier alpha value is -6.10. The molecule has 1 fully saturated rings. The summed E-state index contributed by atoms with van der Waals surface area (Å²) < 4.78 is 10.8. The summed E-state index contributed by atoms with van der Waals surface area (Å²) in [5.41, 5.74) is 2.70. The molecule has 0 aromatic heterocycles. The van der Waals surface area contributed by atoms with Gasteiger partial charge in [-0.25, -0.2) is 19.2 Å². The number of β-lactam (4-membered cyclic amide) rings is 1. The van der Waals surface area contributed by atoms with Gasteiger partial charge in [0.2, 0.25) is 11.8 Å². The molecule has 2 atom stereocenters. The third-order valence-electron chi connectivity index (χ3n) is 7.69. The minimum Gasteiger partial charge on any atom is -0.478 e. The van der Waals surface area contributed by atoms with E-state index in [4.69, 9.17) is 19.7 Å². The van der Waals surface area contributed by atoms with Crippen molar-refractivity contribution >= 4 is 35.7 Å². The highest BCUT2D eigenvalue weighted by Crippen LogP contribution is 2.32. The summed E-state index contributed by atoms with van der Waals surface area (Å²) >= 11 is 0. The van der Waals surface area contributed by atoms with Gasteiger partial charge in [-0.05, 0) is 65.1 Å². The first-order chi connectivity index (χ1) is 22.6. The van der Waals surface area contributed by atoms with Crippen LogP contribution in [0.5, 0.6) is 0 Å². The minimum absolute atomic E-state index is 0.0778. The normalized spacial score (nSPS) is 15.3. The lowest BCUT2D eigenvalue weighted by molar-refractivity contribution is -0.180. The molecule has 1 aliphatic heterocycles. The summed E-state index contributed by atoms with van der Waals surface area (Å²) in [7, 11) is 0. The van der Waals surface area contributed by atoms with Crippen molar-refractivity contribution in [1.29, 1.82) is 0 Å². The van der Waals surface area contributed by atoms with Gasteiger partial charge in [0.25, 0.3) is 0 Å². The van der Waals surface area contributed by atoms with E-state index in [9.17, 15) is 28.8 Å². The lowest BCUT2D eigenvalue weighted by Crippen LogP contribution is -2.67. The van der Waals surface area contributed by atoms with Crippen LogP contribution < -0.4 is 0 Å². The second-order valence-corrected chi connectivity index (χ2v) is 10.9. The van der Waals surface area contributed by atoms with Crippen LogP contribution in [-0.4, -0.2) is 56.8 Å². The molecule has 1 aliphatic rings. The fourth-order valence-corrected chi connectivity index (χ4v) is 5.19. The van der Waals surface area contributed by atoms with Gasteiger partial charge in [0.15, 0.2) is 0 Å². The SMILES string of the molecule is O=C(O)c1ccc(COC(=O)c2cccc(CC(=O)N3C(=O)[C@@H](Cc4ccccc4)[C@H]3C(=O)OCc3ccc(C(=O)O)cc3)c2)cc1. The van der Waals surface area contributed by atoms with Crippen LogP contribution in [0.3, 0.4) is 0 Å². The standard InChI is InChI=1S/C36H29NO10/c38-30(19-25-7-4-8-28(17-25)35(44)46-20-23-9-13-26(14-10-23)33(40)41)37-31(29(32(37)39)18-22-5-2-1-3-6-22)36(45)47-21-24-11-15-27(16-12-24)34(42)43/h1-17,29,31H,18-21H2,(H,40,41)(H,42,43)/t29-,31-/m0/s1. The third-order valence-corrected chi connectivity index (χ3v) is 7.69. The number of aromatic carboxylic acids is 2. The zero-order valence-corrected chi connectivity index (χ0v) is 24.9. The molecule has 47 heavy (non-hydrogen) atoms. The maximum atomic E-state index is 13.4. The van der Waals surface area contributed by atoms with Crippen molar-refractivity contribution in [2.45, 2.75) is 32.1 Å². The number of nitrogens with zero attached hydrogens (tertiary/aromatic N) is 1. The van der Waals surface area contributed by atoms with E-state index in [0.29, 0.717) is 16.7 Å². The fraction of sp³-hybridized carbons (Fsp3) is 0.167. The second-order valence-electron chi connectivity index (χ2n) is 10.9. The van der Waals surface area contributed by atoms with E-state index in [0.717, 1.165) is 10.5 Å². The van der Waals surface area contributed by atoms with E-state index in [1.165, 1.54) is 60.7 Å². The molecule has 0 bridgehead atoms. The van der Waals surface area contributed by atoms with Gasteiger partial charge in [0.1, 0.15) is 19.3 Å². The van der Waals surface area contributed by atoms with Crippen molar-refractivity contribution in [3.8, 4) is 0 Å². The van der Waals surface area contributed by atoms with E-state index in [-0.39, 0.29) is 42.7 Å². The summed E-state index contributed by atoms with van der Waals surface area (Å²) in [5, 5.41) is 18.1. The molecule has 4 aromatic carbocycles. The van der Waals surface area contributed by atoms with Crippen LogP contribution in [0.1, 0.15) is 53.3 Å². The number of hydrogen-bond acceptors (Lipinski definition) is 8. The number of carboxylic acids is 2. The van der Waals surface area contributed by atoms with Gasteiger partial charge in [0.05, 0.1) is 29.0 Å². The van der Waals surface area contributed by atoms with Crippen LogP contribution in [0.15, 0.2) is 103 Å². The molecule has 238 valence electrons. The van der Waals surface area contributed by atoms with E-state index < -0.39 is 47.7 Å². The van der Waals surface area contributed by atoms with Crippen molar-refractivity contribution in [3.63, 3.8) is 0 Å². The van der Waals surface area contributed by atoms with Crippen molar-refractivity contribution < 1.29 is 48.5 Å². The Kier molecular flexibility index (Phi) is 9.85. The van der Waals surface area contributed by atoms with Gasteiger partial charge in [-0.1, -0.05) is 66.7 Å². The number of carbonyl (C=O) groups excluding carboxylic acids is 4. The molecule has 11 heteroatoms. The Morgan fingerprint density at radius 1 is 0.617 bits per heavy atom. The van der Waals surface area contributed by atoms with Crippen molar-refractivity contribution in [3.05, 3.63) is 142 Å². The number of imide groups is 1. The van der Waals surface area contributed by atoms with E-state index >= 15 is 0 Å². The van der Waals surface area contributed by atoms with Crippen molar-refractivity contribution in [1.82, 2.24) is 4.90 Å². The first kappa shape index (κ1) is 32.3. The molecule has 1 saturated heterocycles. The van der Waals surface area contributed by atoms with Crippen LogP contribution >= 0.6 is 0 Å². The monoisotopic (exact) mass is 635 g/mol. The van der Waals surface area contributed by atoms with Gasteiger partial charge >= 0.3 is 23.9 Å². The zero-order chi connectivity index (χ0) is 33.5. The average molecular weight is 636 g/mol. The zero-order valence-electron chi connectivity index (χ0n) is 24.9. The Labute approximate surface area is 269 Å². The lowest BCUT2D eigenvalue weighted by Gasteiger charge is -2.44. The Balaban J connectivity index is 1.25. The smallest absolute Gasteiger partial charge is 0.338 e. The van der Waals surface area contributed by atoms with E-state index in [2.05, 4.69) is 0 Å². The Morgan fingerprint density at radius 2 is 1.17 bits per heavy atom. The van der Waals surface area contributed by atoms with Crippen LogP contribution in [-0.2, 0) is 49.9 Å². The number of likely N-dealkylation sites (tertiary alicyclic amines) is 1. The topological polar surface area (TPSA) is 165 Å². The van der Waals surface area contributed by atoms with Gasteiger partial charge in [-0.2, -0.15) is 0 Å². The fourth-order valence-electron chi connectivity index (χ4n) is 5.19. The number of amides is 2. The molecule has 0 saturated carbocycles. The number of ether oxygens (including phenoxy) is 2. The lowest BCUT2D eigenvalue weighted by atomic mass is 9.81. The van der Waals surface area contributed by atoms with Crippen LogP contribution in [0, 0.1) is 5.92 Å². The summed E-state index contributed by atoms with van der Waals surface area (Å²) in [6.07, 6.45) is -0.0567. The Morgan fingerprint density at radius 3 is 1.74 bits per heavy atom. The number of benzene rings is 4. The summed E-state index contributed by atoms with van der Waals surface area (Å²) in [6.45, 7) is -0.280. The van der Waals surface area contributed by atoms with Crippen molar-refractivity contribution in [2.24, 2.45) is 5.92 Å². The van der Waals surface area contributed by atoms with E-state index in [1.54, 1.807) is 12.1 Å². The number of esters is 2. The molecule has 4 aromatic rings. The van der Waals surface area contributed by atoms with Gasteiger partial charge < -0.3 is 19.7 Å². The summed E-state index contributed by atoms with van der Waals surface area (Å²) in [6, 6.07) is 25.7. The number of rotatable bonds is 12. The number of carbonyl (C=O) groups is 6. The molecular weight excluding hydrogens is 606 g/mol. The molecule has 0 radical (unpaired) electrons. The van der Waals surface area contributed by atoms with Crippen LogP contribution in [0.25, 0.3) is 0 Å². The highest BCUT2D eigenvalue weighted by atomic mass is 16.5. The number of carboxylic acid groups (broad SMARTS) is 2. The highest BCUT2D eigenvalue weighted by molar-refractivity contribution is 6.09. The molecule has 2 N–H and O–H groups in total. The van der Waals surface area contributed by atoms with Gasteiger partial charge in [0, 0.05) is 0 Å². The molecule has 0 spiro atoms. The summed E-state index contributed by atoms with van der Waals surface area (Å²) in [5.74, 6) is -5.58. The predicted molar refractivity (Wildman–Crippen MR) is 165 cm³/mol. The van der Waals surface area contributed by atoms with E-state index in [1.807, 2.05) is 30.3 Å². The van der Waals surface area contributed by atoms with Crippen LogP contribution in [0.2, 0.25) is 0 Å². The summed E-state index contributed by atoms with van der Waals surface area (Å²) in [4.78, 5) is 75.8. The van der Waals surface area contributed by atoms with Crippen LogP contribution in [0.4, 0.5) is 0 Å². The third kappa shape index (κ3) is 7.77.